The summed E-state index contributed by atoms with van der Waals surface area (Å²) in [6.07, 6.45) is 0.846. The molecule has 0 unspecified atom stereocenters. The Balaban J connectivity index is 2.33. The Morgan fingerprint density at radius 1 is 0.808 bits per heavy atom. The van der Waals surface area contributed by atoms with E-state index < -0.39 is 0 Å². The molecule has 0 aromatic heterocycles. The van der Waals surface area contributed by atoms with Gasteiger partial charge in [0.1, 0.15) is 11.5 Å². The maximum atomic E-state index is 11.8. The smallest absolute Gasteiger partial charge is 0.150 e. The molecule has 0 heterocycles. The van der Waals surface area contributed by atoms with E-state index >= 15 is 0 Å². The van der Waals surface area contributed by atoms with Crippen LogP contribution in [0.3, 0.4) is 0 Å². The first-order valence-electron chi connectivity index (χ1n) is 8.31. The Labute approximate surface area is 153 Å². The summed E-state index contributed by atoms with van der Waals surface area (Å²) in [7, 11) is 3.23. The molecule has 3 heteroatoms. The first-order valence-corrected chi connectivity index (χ1v) is 8.31. The van der Waals surface area contributed by atoms with Gasteiger partial charge in [-0.05, 0) is 29.3 Å². The molecule has 0 N–H and O–H groups in total. The zero-order valence-electron chi connectivity index (χ0n) is 14.8. The van der Waals surface area contributed by atoms with Gasteiger partial charge in [0.2, 0.25) is 0 Å². The molecule has 0 aliphatic rings. The fourth-order valence-electron chi connectivity index (χ4n) is 2.96. The predicted octanol–water partition coefficient (Wildman–Crippen LogP) is 5.07. The number of ether oxygens (including phenoxy) is 2. The van der Waals surface area contributed by atoms with Crippen LogP contribution in [-0.2, 0) is 4.74 Å². The van der Waals surface area contributed by atoms with E-state index in [1.54, 1.807) is 20.3 Å². The molecule has 3 nitrogen and oxygen atoms in total. The van der Waals surface area contributed by atoms with E-state index in [-0.39, 0.29) is 0 Å². The number of hydrogen-bond acceptors (Lipinski definition) is 3. The minimum atomic E-state index is 0.550. The Bertz CT molecular complexity index is 913. The summed E-state index contributed by atoms with van der Waals surface area (Å²) < 4.78 is 11.1. The van der Waals surface area contributed by atoms with Crippen LogP contribution in [0.5, 0.6) is 5.75 Å². The largest absolute Gasteiger partial charge is 0.497 e. The normalized spacial score (nSPS) is 11.5. The second-order valence-electron chi connectivity index (χ2n) is 5.71. The fourth-order valence-corrected chi connectivity index (χ4v) is 2.96. The molecule has 3 aromatic rings. The van der Waals surface area contributed by atoms with Crippen molar-refractivity contribution in [3.8, 4) is 5.75 Å². The topological polar surface area (TPSA) is 35.5 Å². The first-order chi connectivity index (χ1) is 12.8. The van der Waals surface area contributed by atoms with E-state index in [4.69, 9.17) is 9.47 Å². The van der Waals surface area contributed by atoms with Gasteiger partial charge >= 0.3 is 0 Å². The first kappa shape index (κ1) is 17.5. The average Bonchev–Trinajstić information content (AvgIpc) is 2.73. The van der Waals surface area contributed by atoms with Crippen LogP contribution >= 0.6 is 0 Å². The van der Waals surface area contributed by atoms with Gasteiger partial charge < -0.3 is 9.47 Å². The van der Waals surface area contributed by atoms with Gasteiger partial charge in [0.15, 0.2) is 6.29 Å². The Hall–Kier alpha value is -3.33. The number of hydrogen-bond donors (Lipinski definition) is 0. The highest BCUT2D eigenvalue weighted by atomic mass is 16.5. The molecule has 26 heavy (non-hydrogen) atoms. The van der Waals surface area contributed by atoms with Crippen LogP contribution in [-0.4, -0.2) is 20.5 Å². The quantitative estimate of drug-likeness (QED) is 0.356. The zero-order chi connectivity index (χ0) is 18.4. The van der Waals surface area contributed by atoms with Gasteiger partial charge in [-0.25, -0.2) is 0 Å². The van der Waals surface area contributed by atoms with Gasteiger partial charge in [-0.1, -0.05) is 60.7 Å². The van der Waals surface area contributed by atoms with Crippen LogP contribution < -0.4 is 4.74 Å². The molecule has 0 atom stereocenters. The second kappa shape index (κ2) is 8.17. The Morgan fingerprint density at radius 3 is 1.96 bits per heavy atom. The summed E-state index contributed by atoms with van der Waals surface area (Å²) in [5.74, 6) is 1.35. The molecule has 0 fully saturated rings. The lowest BCUT2D eigenvalue weighted by molar-refractivity contribution is 0.112. The lowest BCUT2D eigenvalue weighted by atomic mass is 9.91. The van der Waals surface area contributed by atoms with Gasteiger partial charge in [0, 0.05) is 16.7 Å². The maximum absolute atomic E-state index is 11.8. The maximum Gasteiger partial charge on any atom is 0.150 e. The summed E-state index contributed by atoms with van der Waals surface area (Å²) in [6, 6.07) is 25.3. The Kier molecular flexibility index (Phi) is 5.49. The van der Waals surface area contributed by atoms with Gasteiger partial charge in [-0.2, -0.15) is 0 Å². The molecule has 0 aliphatic heterocycles. The fraction of sp³-hybridized carbons (Fsp3) is 0.0870. The average molecular weight is 344 g/mol. The van der Waals surface area contributed by atoms with Gasteiger partial charge in [0.25, 0.3) is 0 Å². The minimum absolute atomic E-state index is 0.550. The van der Waals surface area contributed by atoms with Gasteiger partial charge in [0.05, 0.1) is 14.2 Å². The molecule has 0 aliphatic carbocycles. The third-order valence-corrected chi connectivity index (χ3v) is 4.18. The summed E-state index contributed by atoms with van der Waals surface area (Å²) in [6.45, 7) is 0. The molecule has 3 rings (SSSR count). The van der Waals surface area contributed by atoms with Crippen molar-refractivity contribution in [3.05, 3.63) is 101 Å². The minimum Gasteiger partial charge on any atom is -0.497 e. The molecular weight excluding hydrogens is 324 g/mol. The molecule has 3 aromatic carbocycles. The van der Waals surface area contributed by atoms with Crippen LogP contribution in [0.25, 0.3) is 11.3 Å². The van der Waals surface area contributed by atoms with E-state index in [1.807, 2.05) is 72.8 Å². The van der Waals surface area contributed by atoms with Crippen LogP contribution in [0.1, 0.15) is 27.0 Å². The molecule has 0 saturated heterocycles. The summed E-state index contributed by atoms with van der Waals surface area (Å²) >= 11 is 0. The van der Waals surface area contributed by atoms with Crippen LogP contribution in [0.4, 0.5) is 0 Å². The number of carbonyl (C=O) groups excluding carboxylic acids is 1. The number of benzene rings is 3. The molecule has 130 valence electrons. The summed E-state index contributed by atoms with van der Waals surface area (Å²) in [5.41, 5.74) is 4.13. The van der Waals surface area contributed by atoms with Crippen molar-refractivity contribution in [1.82, 2.24) is 0 Å². The van der Waals surface area contributed by atoms with E-state index in [0.29, 0.717) is 17.1 Å². The standard InChI is InChI=1S/C23H20O3/c1-25-20-13-14-21(19(15-20)16-24)22(17-9-5-3-6-10-17)23(26-2)18-11-7-4-8-12-18/h3-16H,1-2H3/b23-22+. The van der Waals surface area contributed by atoms with Crippen LogP contribution in [0.15, 0.2) is 78.9 Å². The van der Waals surface area contributed by atoms with Crippen LogP contribution in [0.2, 0.25) is 0 Å². The van der Waals surface area contributed by atoms with E-state index in [9.17, 15) is 4.79 Å². The number of carbonyl (C=O) groups is 1. The summed E-state index contributed by atoms with van der Waals surface area (Å²) in [5, 5.41) is 0. The van der Waals surface area contributed by atoms with Crippen molar-refractivity contribution in [2.45, 2.75) is 0 Å². The predicted molar refractivity (Wildman–Crippen MR) is 104 cm³/mol. The van der Waals surface area contributed by atoms with Crippen molar-refractivity contribution in [1.29, 1.82) is 0 Å². The van der Waals surface area contributed by atoms with Crippen molar-refractivity contribution < 1.29 is 14.3 Å². The molecule has 0 saturated carbocycles. The molecule has 0 radical (unpaired) electrons. The zero-order valence-corrected chi connectivity index (χ0v) is 14.8. The van der Waals surface area contributed by atoms with Crippen molar-refractivity contribution >= 4 is 17.6 Å². The molecule has 0 amide bonds. The van der Waals surface area contributed by atoms with Crippen LogP contribution in [0, 0.1) is 0 Å². The molecular formula is C23H20O3. The lowest BCUT2D eigenvalue weighted by Gasteiger charge is -2.17. The summed E-state index contributed by atoms with van der Waals surface area (Å²) in [4.78, 5) is 11.8. The van der Waals surface area contributed by atoms with Crippen molar-refractivity contribution in [2.24, 2.45) is 0 Å². The van der Waals surface area contributed by atoms with Crippen molar-refractivity contribution in [3.63, 3.8) is 0 Å². The lowest BCUT2D eigenvalue weighted by Crippen LogP contribution is -2.01. The van der Waals surface area contributed by atoms with Crippen molar-refractivity contribution in [2.75, 3.05) is 14.2 Å². The Morgan fingerprint density at radius 2 is 1.42 bits per heavy atom. The third-order valence-electron chi connectivity index (χ3n) is 4.18. The van der Waals surface area contributed by atoms with E-state index in [0.717, 1.165) is 28.5 Å². The number of aldehydes is 1. The highest BCUT2D eigenvalue weighted by Crippen LogP contribution is 2.35. The van der Waals surface area contributed by atoms with Gasteiger partial charge in [-0.15, -0.1) is 0 Å². The number of rotatable bonds is 6. The second-order valence-corrected chi connectivity index (χ2v) is 5.71. The highest BCUT2D eigenvalue weighted by Gasteiger charge is 2.18. The SMILES string of the molecule is CO/C(=C(\c1ccccc1)c1ccc(OC)cc1C=O)c1ccccc1. The van der Waals surface area contributed by atoms with Gasteiger partial charge in [-0.3, -0.25) is 4.79 Å². The van der Waals surface area contributed by atoms with E-state index in [1.165, 1.54) is 0 Å². The molecule has 0 spiro atoms. The number of methoxy groups -OCH3 is 2. The molecule has 0 bridgehead atoms. The third kappa shape index (κ3) is 3.52. The highest BCUT2D eigenvalue weighted by molar-refractivity contribution is 6.00. The monoisotopic (exact) mass is 344 g/mol. The van der Waals surface area contributed by atoms with E-state index in [2.05, 4.69) is 0 Å².